The van der Waals surface area contributed by atoms with Crippen LogP contribution in [0.1, 0.15) is 44.9 Å². The zero-order valence-electron chi connectivity index (χ0n) is 10.6. The van der Waals surface area contributed by atoms with E-state index in [1.807, 2.05) is 11.8 Å². The standard InChI is InChI=1S/C15H20O2S/c16-14-11-6-7-12(14)15(9-8-13(11)17-15)18-10-4-2-1-3-5-10/h8-13H,1-7H2. The first-order chi connectivity index (χ1) is 8.78. The molecular formula is C15H20O2S. The molecule has 4 unspecified atom stereocenters. The van der Waals surface area contributed by atoms with Crippen molar-refractivity contribution in [1.82, 2.24) is 0 Å². The highest BCUT2D eigenvalue weighted by molar-refractivity contribution is 8.01. The minimum atomic E-state index is -0.281. The Hall–Kier alpha value is -0.280. The smallest absolute Gasteiger partial charge is 0.146 e. The van der Waals surface area contributed by atoms with E-state index in [-0.39, 0.29) is 22.9 Å². The summed E-state index contributed by atoms with van der Waals surface area (Å²) < 4.78 is 6.28. The number of hydrogen-bond donors (Lipinski definition) is 0. The fraction of sp³-hybridized carbons (Fsp3) is 0.800. The molecule has 98 valence electrons. The Labute approximate surface area is 113 Å². The summed E-state index contributed by atoms with van der Waals surface area (Å²) in [6, 6.07) is 0. The highest BCUT2D eigenvalue weighted by atomic mass is 32.2. The van der Waals surface area contributed by atoms with Crippen molar-refractivity contribution in [2.75, 3.05) is 0 Å². The van der Waals surface area contributed by atoms with Gasteiger partial charge in [-0.2, -0.15) is 0 Å². The van der Waals surface area contributed by atoms with E-state index < -0.39 is 0 Å². The van der Waals surface area contributed by atoms with E-state index in [0.29, 0.717) is 11.0 Å². The SMILES string of the molecule is O=C1C2CCC1C1(SC3CCCCC3)C=CC2O1. The van der Waals surface area contributed by atoms with E-state index in [0.717, 1.165) is 12.8 Å². The van der Waals surface area contributed by atoms with Crippen molar-refractivity contribution < 1.29 is 9.53 Å². The van der Waals surface area contributed by atoms with Crippen LogP contribution < -0.4 is 0 Å². The topological polar surface area (TPSA) is 26.3 Å². The number of carbonyl (C=O) groups excluding carboxylic acids is 1. The Bertz CT molecular complexity index is 399. The molecule has 4 atom stereocenters. The fourth-order valence-electron chi connectivity index (χ4n) is 4.14. The Morgan fingerprint density at radius 3 is 2.83 bits per heavy atom. The van der Waals surface area contributed by atoms with E-state index in [4.69, 9.17) is 4.74 Å². The summed E-state index contributed by atoms with van der Waals surface area (Å²) in [5, 5.41) is 0.701. The number of thioether (sulfide) groups is 1. The minimum absolute atomic E-state index is 0.0901. The predicted molar refractivity (Wildman–Crippen MR) is 72.4 cm³/mol. The Kier molecular flexibility index (Phi) is 2.63. The van der Waals surface area contributed by atoms with Gasteiger partial charge in [0.15, 0.2) is 0 Å². The van der Waals surface area contributed by atoms with Crippen molar-refractivity contribution in [1.29, 1.82) is 0 Å². The lowest BCUT2D eigenvalue weighted by atomic mass is 9.94. The molecular weight excluding hydrogens is 244 g/mol. The summed E-state index contributed by atoms with van der Waals surface area (Å²) >= 11 is 1.96. The number of hydrogen-bond acceptors (Lipinski definition) is 3. The molecule has 2 heterocycles. The van der Waals surface area contributed by atoms with Crippen LogP contribution in [0.5, 0.6) is 0 Å². The molecule has 0 amide bonds. The molecule has 2 aliphatic heterocycles. The zero-order valence-corrected chi connectivity index (χ0v) is 11.5. The Morgan fingerprint density at radius 1 is 1.17 bits per heavy atom. The van der Waals surface area contributed by atoms with Crippen molar-refractivity contribution in [3.63, 3.8) is 0 Å². The zero-order chi connectivity index (χ0) is 12.2. The van der Waals surface area contributed by atoms with E-state index in [1.54, 1.807) is 0 Å². The quantitative estimate of drug-likeness (QED) is 0.716. The first kappa shape index (κ1) is 11.5. The average Bonchev–Trinajstić information content (AvgIpc) is 2.87. The summed E-state index contributed by atoms with van der Waals surface area (Å²) in [7, 11) is 0. The number of fused-ring (bicyclic) bond motifs is 6. The molecule has 3 heteroatoms. The maximum absolute atomic E-state index is 12.4. The third-order valence-electron chi connectivity index (χ3n) is 5.10. The summed E-state index contributed by atoms with van der Waals surface area (Å²) in [5.74, 6) is 0.804. The molecule has 2 aliphatic carbocycles. The number of Topliss-reactive ketones (excluding diaryl/α,β-unsaturated/α-hetero) is 1. The molecule has 4 rings (SSSR count). The van der Waals surface area contributed by atoms with Crippen molar-refractivity contribution >= 4 is 17.5 Å². The fourth-order valence-corrected chi connectivity index (χ4v) is 5.95. The number of carbonyl (C=O) groups is 1. The van der Waals surface area contributed by atoms with Gasteiger partial charge in [-0.3, -0.25) is 4.79 Å². The molecule has 0 aromatic rings. The molecule has 2 saturated carbocycles. The van der Waals surface area contributed by atoms with Gasteiger partial charge in [-0.05, 0) is 31.8 Å². The van der Waals surface area contributed by atoms with Crippen molar-refractivity contribution in [2.24, 2.45) is 11.8 Å². The number of ether oxygens (including phenoxy) is 1. The monoisotopic (exact) mass is 264 g/mol. The molecule has 2 nitrogen and oxygen atoms in total. The van der Waals surface area contributed by atoms with Gasteiger partial charge in [0.25, 0.3) is 0 Å². The van der Waals surface area contributed by atoms with Gasteiger partial charge < -0.3 is 4.74 Å². The van der Waals surface area contributed by atoms with Crippen LogP contribution in [0.15, 0.2) is 12.2 Å². The van der Waals surface area contributed by atoms with Gasteiger partial charge in [0.1, 0.15) is 10.7 Å². The summed E-state index contributed by atoms with van der Waals surface area (Å²) in [6.07, 6.45) is 13.3. The van der Waals surface area contributed by atoms with Crippen LogP contribution in [-0.2, 0) is 9.53 Å². The van der Waals surface area contributed by atoms with Gasteiger partial charge in [-0.1, -0.05) is 25.3 Å². The van der Waals surface area contributed by atoms with Gasteiger partial charge in [0, 0.05) is 11.2 Å². The van der Waals surface area contributed by atoms with Crippen LogP contribution >= 0.6 is 11.8 Å². The summed E-state index contributed by atoms with van der Waals surface area (Å²) in [6.45, 7) is 0. The summed E-state index contributed by atoms with van der Waals surface area (Å²) in [5.41, 5.74) is 0. The maximum atomic E-state index is 12.4. The van der Waals surface area contributed by atoms with Gasteiger partial charge in [0.05, 0.1) is 12.0 Å². The van der Waals surface area contributed by atoms with Crippen LogP contribution in [0.25, 0.3) is 0 Å². The minimum Gasteiger partial charge on any atom is -0.352 e. The largest absolute Gasteiger partial charge is 0.352 e. The van der Waals surface area contributed by atoms with Crippen molar-refractivity contribution in [2.45, 2.75) is 61.2 Å². The second kappa shape index (κ2) is 4.11. The molecule has 1 saturated heterocycles. The normalized spacial score (nSPS) is 46.9. The first-order valence-corrected chi connectivity index (χ1v) is 8.25. The molecule has 0 aromatic heterocycles. The van der Waals surface area contributed by atoms with Gasteiger partial charge in [-0.25, -0.2) is 0 Å². The summed E-state index contributed by atoms with van der Waals surface area (Å²) in [4.78, 5) is 12.1. The lowest BCUT2D eigenvalue weighted by Gasteiger charge is -2.40. The molecule has 4 bridgehead atoms. The second-order valence-electron chi connectivity index (χ2n) is 6.18. The Balaban J connectivity index is 1.58. The third kappa shape index (κ3) is 1.56. The molecule has 0 N–H and O–H groups in total. The van der Waals surface area contributed by atoms with Gasteiger partial charge in [0.2, 0.25) is 0 Å². The molecule has 3 fully saturated rings. The Morgan fingerprint density at radius 2 is 2.00 bits per heavy atom. The van der Waals surface area contributed by atoms with Crippen LogP contribution in [0.4, 0.5) is 0 Å². The lowest BCUT2D eigenvalue weighted by Crippen LogP contribution is -2.46. The van der Waals surface area contributed by atoms with Crippen LogP contribution in [0.2, 0.25) is 0 Å². The van der Waals surface area contributed by atoms with Gasteiger partial charge >= 0.3 is 0 Å². The molecule has 18 heavy (non-hydrogen) atoms. The molecule has 4 aliphatic rings. The van der Waals surface area contributed by atoms with Gasteiger partial charge in [-0.15, -0.1) is 11.8 Å². The molecule has 0 aromatic carbocycles. The van der Waals surface area contributed by atoms with Crippen LogP contribution in [-0.4, -0.2) is 22.1 Å². The van der Waals surface area contributed by atoms with E-state index in [1.165, 1.54) is 32.1 Å². The van der Waals surface area contributed by atoms with E-state index in [2.05, 4.69) is 12.2 Å². The highest BCUT2D eigenvalue weighted by Gasteiger charge is 2.59. The number of rotatable bonds is 2. The van der Waals surface area contributed by atoms with E-state index in [9.17, 15) is 4.79 Å². The average molecular weight is 264 g/mol. The van der Waals surface area contributed by atoms with Crippen molar-refractivity contribution in [3.05, 3.63) is 12.2 Å². The molecule has 0 radical (unpaired) electrons. The number of ketones is 1. The lowest BCUT2D eigenvalue weighted by molar-refractivity contribution is -0.141. The molecule has 0 spiro atoms. The van der Waals surface area contributed by atoms with Crippen LogP contribution in [0, 0.1) is 11.8 Å². The van der Waals surface area contributed by atoms with Crippen molar-refractivity contribution in [3.8, 4) is 0 Å². The third-order valence-corrected chi connectivity index (χ3v) is 6.79. The van der Waals surface area contributed by atoms with E-state index >= 15 is 0 Å². The first-order valence-electron chi connectivity index (χ1n) is 7.37. The predicted octanol–water partition coefficient (Wildman–Crippen LogP) is 3.31. The maximum Gasteiger partial charge on any atom is 0.146 e. The highest BCUT2D eigenvalue weighted by Crippen LogP contribution is 2.56. The van der Waals surface area contributed by atoms with Crippen LogP contribution in [0.3, 0.4) is 0 Å². The second-order valence-corrected chi connectivity index (χ2v) is 7.72.